The minimum atomic E-state index is 0.255. The largest absolute Gasteiger partial charge is 0.396 e. The molecule has 19 heavy (non-hydrogen) atoms. The Morgan fingerprint density at radius 2 is 2.21 bits per heavy atom. The number of benzene rings is 1. The van der Waals surface area contributed by atoms with E-state index in [-0.39, 0.29) is 6.61 Å². The number of nitrogens with one attached hydrogen (secondary N) is 2. The van der Waals surface area contributed by atoms with Crippen LogP contribution in [0.4, 0.5) is 0 Å². The molecule has 2 aromatic rings. The van der Waals surface area contributed by atoms with Gasteiger partial charge in [0.15, 0.2) is 0 Å². The van der Waals surface area contributed by atoms with Gasteiger partial charge >= 0.3 is 0 Å². The van der Waals surface area contributed by atoms with E-state index >= 15 is 0 Å². The number of fused-ring (bicyclic) bond motifs is 1. The first-order chi connectivity index (χ1) is 9.20. The number of aromatic nitrogens is 2. The molecule has 104 valence electrons. The molecule has 0 aliphatic heterocycles. The summed E-state index contributed by atoms with van der Waals surface area (Å²) >= 11 is 0. The van der Waals surface area contributed by atoms with Crippen molar-refractivity contribution in [3.8, 4) is 0 Å². The first-order valence-electron chi connectivity index (χ1n) is 6.94. The van der Waals surface area contributed by atoms with E-state index in [0.717, 1.165) is 30.5 Å². The molecule has 0 saturated heterocycles. The zero-order chi connectivity index (χ0) is 13.7. The lowest BCUT2D eigenvalue weighted by Crippen LogP contribution is -2.30. The SMILES string of the molecule is CC(C)C(CO)CNCCc1ccc2nc[nH]c2c1. The van der Waals surface area contributed by atoms with Crippen molar-refractivity contribution in [1.82, 2.24) is 15.3 Å². The summed E-state index contributed by atoms with van der Waals surface area (Å²) in [7, 11) is 0. The molecule has 2 rings (SSSR count). The lowest BCUT2D eigenvalue weighted by atomic mass is 9.97. The van der Waals surface area contributed by atoms with Crippen molar-refractivity contribution >= 4 is 11.0 Å². The smallest absolute Gasteiger partial charge is 0.0931 e. The number of aliphatic hydroxyl groups is 1. The second-order valence-corrected chi connectivity index (χ2v) is 5.39. The highest BCUT2D eigenvalue weighted by molar-refractivity contribution is 5.75. The number of rotatable bonds is 7. The molecule has 3 N–H and O–H groups in total. The Morgan fingerprint density at radius 3 is 2.95 bits per heavy atom. The number of H-pyrrole nitrogens is 1. The van der Waals surface area contributed by atoms with Crippen LogP contribution in [0.25, 0.3) is 11.0 Å². The van der Waals surface area contributed by atoms with E-state index in [1.165, 1.54) is 5.56 Å². The fourth-order valence-electron chi connectivity index (χ4n) is 2.17. The number of nitrogens with zero attached hydrogens (tertiary/aromatic N) is 1. The van der Waals surface area contributed by atoms with Crippen LogP contribution in [0.15, 0.2) is 24.5 Å². The number of aromatic amines is 1. The van der Waals surface area contributed by atoms with E-state index in [4.69, 9.17) is 0 Å². The fraction of sp³-hybridized carbons (Fsp3) is 0.533. The zero-order valence-electron chi connectivity index (χ0n) is 11.7. The molecule has 0 fully saturated rings. The van der Waals surface area contributed by atoms with E-state index in [0.29, 0.717) is 11.8 Å². The molecule has 1 aromatic heterocycles. The molecule has 1 atom stereocenters. The molecule has 0 aliphatic carbocycles. The van der Waals surface area contributed by atoms with Gasteiger partial charge in [-0.25, -0.2) is 4.98 Å². The standard InChI is InChI=1S/C15H23N3O/c1-11(2)13(9-19)8-16-6-5-12-3-4-14-15(7-12)18-10-17-14/h3-4,7,10-11,13,16,19H,5-6,8-9H2,1-2H3,(H,17,18). The molecule has 4 nitrogen and oxygen atoms in total. The van der Waals surface area contributed by atoms with Crippen molar-refractivity contribution in [2.75, 3.05) is 19.7 Å². The predicted octanol–water partition coefficient (Wildman–Crippen LogP) is 1.96. The maximum Gasteiger partial charge on any atom is 0.0931 e. The van der Waals surface area contributed by atoms with E-state index < -0.39 is 0 Å². The predicted molar refractivity (Wildman–Crippen MR) is 78.1 cm³/mol. The summed E-state index contributed by atoms with van der Waals surface area (Å²) in [5.74, 6) is 0.855. The Bertz CT molecular complexity index is 507. The van der Waals surface area contributed by atoms with Crippen LogP contribution in [0.5, 0.6) is 0 Å². The van der Waals surface area contributed by atoms with Gasteiger partial charge in [-0.1, -0.05) is 19.9 Å². The third kappa shape index (κ3) is 3.78. The summed E-state index contributed by atoms with van der Waals surface area (Å²) in [6.45, 7) is 6.36. The highest BCUT2D eigenvalue weighted by atomic mass is 16.3. The first kappa shape index (κ1) is 14.0. The lowest BCUT2D eigenvalue weighted by molar-refractivity contribution is 0.186. The third-order valence-electron chi connectivity index (χ3n) is 3.66. The molecule has 4 heteroatoms. The van der Waals surface area contributed by atoms with Gasteiger partial charge in [0.25, 0.3) is 0 Å². The quantitative estimate of drug-likeness (QED) is 0.668. The van der Waals surface area contributed by atoms with Crippen molar-refractivity contribution in [1.29, 1.82) is 0 Å². The van der Waals surface area contributed by atoms with Gasteiger partial charge < -0.3 is 15.4 Å². The van der Waals surface area contributed by atoms with Crippen LogP contribution in [0, 0.1) is 11.8 Å². The number of hydrogen-bond acceptors (Lipinski definition) is 3. The van der Waals surface area contributed by atoms with Crippen molar-refractivity contribution in [3.05, 3.63) is 30.1 Å². The van der Waals surface area contributed by atoms with Crippen LogP contribution in [0.3, 0.4) is 0 Å². The maximum atomic E-state index is 9.26. The molecular formula is C15H23N3O. The Kier molecular flexibility index (Phi) is 4.93. The van der Waals surface area contributed by atoms with Gasteiger partial charge in [0.1, 0.15) is 0 Å². The van der Waals surface area contributed by atoms with Crippen LogP contribution in [0.2, 0.25) is 0 Å². The molecule has 1 unspecified atom stereocenters. The second-order valence-electron chi connectivity index (χ2n) is 5.39. The van der Waals surface area contributed by atoms with Gasteiger partial charge in [0.05, 0.1) is 17.4 Å². The van der Waals surface area contributed by atoms with Crippen LogP contribution in [-0.4, -0.2) is 34.8 Å². The Morgan fingerprint density at radius 1 is 1.37 bits per heavy atom. The summed E-state index contributed by atoms with van der Waals surface area (Å²) in [6.07, 6.45) is 2.71. The van der Waals surface area contributed by atoms with E-state index in [2.05, 4.69) is 41.3 Å². The molecule has 0 spiro atoms. The molecule has 0 amide bonds. The number of aliphatic hydroxyl groups excluding tert-OH is 1. The monoisotopic (exact) mass is 261 g/mol. The normalized spacial score (nSPS) is 13.3. The third-order valence-corrected chi connectivity index (χ3v) is 3.66. The zero-order valence-corrected chi connectivity index (χ0v) is 11.7. The average Bonchev–Trinajstić information content (AvgIpc) is 2.85. The summed E-state index contributed by atoms with van der Waals surface area (Å²) in [4.78, 5) is 7.34. The van der Waals surface area contributed by atoms with Crippen LogP contribution in [0.1, 0.15) is 19.4 Å². The van der Waals surface area contributed by atoms with Crippen molar-refractivity contribution in [3.63, 3.8) is 0 Å². The van der Waals surface area contributed by atoms with Crippen LogP contribution in [-0.2, 0) is 6.42 Å². The summed E-state index contributed by atoms with van der Waals surface area (Å²) in [6, 6.07) is 6.32. The summed E-state index contributed by atoms with van der Waals surface area (Å²) < 4.78 is 0. The van der Waals surface area contributed by atoms with Gasteiger partial charge in [-0.3, -0.25) is 0 Å². The van der Waals surface area contributed by atoms with Gasteiger partial charge in [0, 0.05) is 13.2 Å². The molecule has 0 saturated carbocycles. The average molecular weight is 261 g/mol. The van der Waals surface area contributed by atoms with E-state index in [1.54, 1.807) is 6.33 Å². The maximum absolute atomic E-state index is 9.26. The minimum absolute atomic E-state index is 0.255. The Hall–Kier alpha value is -1.39. The topological polar surface area (TPSA) is 60.9 Å². The van der Waals surface area contributed by atoms with E-state index in [9.17, 15) is 5.11 Å². The van der Waals surface area contributed by atoms with Gasteiger partial charge in [0.2, 0.25) is 0 Å². The summed E-state index contributed by atoms with van der Waals surface area (Å²) in [5.41, 5.74) is 3.40. The molecule has 1 aromatic carbocycles. The van der Waals surface area contributed by atoms with E-state index in [1.807, 2.05) is 6.07 Å². The van der Waals surface area contributed by atoms with Gasteiger partial charge in [-0.15, -0.1) is 0 Å². The van der Waals surface area contributed by atoms with Crippen LogP contribution < -0.4 is 5.32 Å². The molecule has 0 aliphatic rings. The van der Waals surface area contributed by atoms with Crippen LogP contribution >= 0.6 is 0 Å². The highest BCUT2D eigenvalue weighted by Gasteiger charge is 2.10. The minimum Gasteiger partial charge on any atom is -0.396 e. The van der Waals surface area contributed by atoms with Crippen molar-refractivity contribution in [2.24, 2.45) is 11.8 Å². The fourth-order valence-corrected chi connectivity index (χ4v) is 2.17. The van der Waals surface area contributed by atoms with Gasteiger partial charge in [-0.2, -0.15) is 0 Å². The molecular weight excluding hydrogens is 238 g/mol. The Labute approximate surface area is 114 Å². The van der Waals surface area contributed by atoms with Crippen molar-refractivity contribution < 1.29 is 5.11 Å². The molecule has 0 bridgehead atoms. The van der Waals surface area contributed by atoms with Gasteiger partial charge in [-0.05, 0) is 42.5 Å². The first-order valence-corrected chi connectivity index (χ1v) is 6.94. The van der Waals surface area contributed by atoms with Crippen molar-refractivity contribution in [2.45, 2.75) is 20.3 Å². The molecule has 0 radical (unpaired) electrons. The second kappa shape index (κ2) is 6.68. The lowest BCUT2D eigenvalue weighted by Gasteiger charge is -2.18. The molecule has 1 heterocycles. The number of imidazole rings is 1. The summed E-state index contributed by atoms with van der Waals surface area (Å²) in [5, 5.41) is 12.7. The Balaban J connectivity index is 1.79. The highest BCUT2D eigenvalue weighted by Crippen LogP contribution is 2.12. The number of hydrogen-bond donors (Lipinski definition) is 3.